The topological polar surface area (TPSA) is 75.5 Å². The van der Waals surface area contributed by atoms with Gasteiger partial charge in [-0.3, -0.25) is 19.3 Å². The molecule has 2 aromatic rings. The van der Waals surface area contributed by atoms with Gasteiger partial charge >= 0.3 is 6.18 Å². The van der Waals surface area contributed by atoms with Crippen LogP contribution in [0.5, 0.6) is 0 Å². The molecule has 0 spiro atoms. The molecular formula is C23H23F3N4O3. The number of hydrogen-bond acceptors (Lipinski definition) is 4. The molecule has 4 aliphatic rings. The van der Waals surface area contributed by atoms with E-state index in [1.54, 1.807) is 18.0 Å². The summed E-state index contributed by atoms with van der Waals surface area (Å²) in [5.41, 5.74) is -0.0758. The van der Waals surface area contributed by atoms with Gasteiger partial charge in [0, 0.05) is 26.2 Å². The second kappa shape index (κ2) is 6.80. The fourth-order valence-corrected chi connectivity index (χ4v) is 5.40. The first-order valence-corrected chi connectivity index (χ1v) is 11.4. The summed E-state index contributed by atoms with van der Waals surface area (Å²) in [5.74, 6) is -0.842. The average Bonchev–Trinajstić information content (AvgIpc) is 3.69. The molecule has 174 valence electrons. The van der Waals surface area contributed by atoms with E-state index in [9.17, 15) is 27.6 Å². The van der Waals surface area contributed by atoms with Crippen molar-refractivity contribution in [1.82, 2.24) is 19.4 Å². The lowest BCUT2D eigenvalue weighted by atomic mass is 10.0. The molecule has 7 nitrogen and oxygen atoms in total. The second-order valence-electron chi connectivity index (χ2n) is 9.72. The predicted molar refractivity (Wildman–Crippen MR) is 110 cm³/mol. The highest BCUT2D eigenvalue weighted by Gasteiger charge is 2.60. The Morgan fingerprint density at radius 3 is 2.24 bits per heavy atom. The fourth-order valence-electron chi connectivity index (χ4n) is 5.40. The van der Waals surface area contributed by atoms with Gasteiger partial charge in [-0.25, -0.2) is 4.98 Å². The van der Waals surface area contributed by atoms with E-state index >= 15 is 0 Å². The number of amides is 3. The van der Waals surface area contributed by atoms with Gasteiger partial charge in [0.25, 0.3) is 5.91 Å². The zero-order chi connectivity index (χ0) is 23.2. The van der Waals surface area contributed by atoms with Gasteiger partial charge in [0.2, 0.25) is 11.8 Å². The number of benzene rings is 1. The summed E-state index contributed by atoms with van der Waals surface area (Å²) in [6.45, 7) is 0.636. The van der Waals surface area contributed by atoms with Crippen LogP contribution in [0.1, 0.15) is 59.8 Å². The van der Waals surface area contributed by atoms with E-state index in [1.807, 2.05) is 0 Å². The number of fused-ring (bicyclic) bond motifs is 2. The number of rotatable bonds is 3. The number of piperidine rings is 2. The molecule has 2 saturated heterocycles. The Morgan fingerprint density at radius 1 is 1.03 bits per heavy atom. The number of aryl methyl sites for hydroxylation is 1. The lowest BCUT2D eigenvalue weighted by Crippen LogP contribution is -2.49. The summed E-state index contributed by atoms with van der Waals surface area (Å²) in [6, 6.07) is 2.66. The summed E-state index contributed by atoms with van der Waals surface area (Å²) in [5, 5.41) is 0. The largest absolute Gasteiger partial charge is 0.418 e. The van der Waals surface area contributed by atoms with Gasteiger partial charge in [0.1, 0.15) is 5.52 Å². The highest BCUT2D eigenvalue weighted by molar-refractivity contribution is 6.09. The average molecular weight is 460 g/mol. The quantitative estimate of drug-likeness (QED) is 0.660. The highest BCUT2D eigenvalue weighted by atomic mass is 19.4. The molecule has 4 fully saturated rings. The van der Waals surface area contributed by atoms with Crippen LogP contribution in [-0.2, 0) is 22.8 Å². The van der Waals surface area contributed by atoms with Gasteiger partial charge in [-0.1, -0.05) is 0 Å². The van der Waals surface area contributed by atoms with Crippen LogP contribution < -0.4 is 0 Å². The van der Waals surface area contributed by atoms with Crippen LogP contribution in [0.15, 0.2) is 12.1 Å². The summed E-state index contributed by atoms with van der Waals surface area (Å²) < 4.78 is 42.7. The van der Waals surface area contributed by atoms with E-state index in [0.29, 0.717) is 43.4 Å². The van der Waals surface area contributed by atoms with Gasteiger partial charge in [-0.15, -0.1) is 0 Å². The van der Waals surface area contributed by atoms with E-state index in [0.717, 1.165) is 12.8 Å². The normalized spacial score (nSPS) is 25.8. The van der Waals surface area contributed by atoms with Gasteiger partial charge in [-0.05, 0) is 55.7 Å². The minimum absolute atomic E-state index is 0.0310. The van der Waals surface area contributed by atoms with Crippen molar-refractivity contribution in [1.29, 1.82) is 0 Å². The van der Waals surface area contributed by atoms with Crippen LogP contribution in [0.2, 0.25) is 0 Å². The minimum Gasteiger partial charge on any atom is -0.336 e. The van der Waals surface area contributed by atoms with Crippen molar-refractivity contribution in [2.45, 2.75) is 50.2 Å². The van der Waals surface area contributed by atoms with Crippen molar-refractivity contribution in [2.75, 3.05) is 13.1 Å². The first kappa shape index (κ1) is 20.7. The Morgan fingerprint density at radius 2 is 1.67 bits per heavy atom. The molecule has 33 heavy (non-hydrogen) atoms. The third kappa shape index (κ3) is 3.17. The van der Waals surface area contributed by atoms with Crippen molar-refractivity contribution in [3.63, 3.8) is 0 Å². The molecule has 6 rings (SSSR count). The Kier molecular flexibility index (Phi) is 4.26. The number of carbonyl (C=O) groups excluding carboxylic acids is 3. The molecule has 3 amide bonds. The number of imidazole rings is 1. The Hall–Kier alpha value is -2.91. The zero-order valence-electron chi connectivity index (χ0n) is 18.1. The molecular weight excluding hydrogens is 437 g/mol. The first-order valence-electron chi connectivity index (χ1n) is 11.4. The van der Waals surface area contributed by atoms with Gasteiger partial charge < -0.3 is 9.47 Å². The summed E-state index contributed by atoms with van der Waals surface area (Å²) in [4.78, 5) is 45.0. The number of alkyl halides is 3. The maximum atomic E-state index is 13.8. The monoisotopic (exact) mass is 460 g/mol. The predicted octanol–water partition coefficient (Wildman–Crippen LogP) is 3.08. The Balaban J connectivity index is 1.25. The molecule has 0 radical (unpaired) electrons. The number of hydrogen-bond donors (Lipinski definition) is 0. The SMILES string of the molecule is Cn1c(C(=O)N2CCC(N3C(=O)C4CC4C3=O)CC2)nc2c(C(F)(F)F)cc(C3CC3)cc21. The Labute approximate surface area is 187 Å². The maximum absolute atomic E-state index is 13.8. The van der Waals surface area contributed by atoms with E-state index in [2.05, 4.69) is 4.98 Å². The van der Waals surface area contributed by atoms with Crippen LogP contribution in [0.4, 0.5) is 13.2 Å². The number of aromatic nitrogens is 2. The van der Waals surface area contributed by atoms with Crippen molar-refractivity contribution in [3.05, 3.63) is 29.1 Å². The van der Waals surface area contributed by atoms with Gasteiger partial charge in [-0.2, -0.15) is 13.2 Å². The molecule has 2 saturated carbocycles. The van der Waals surface area contributed by atoms with Crippen LogP contribution in [-0.4, -0.2) is 56.2 Å². The van der Waals surface area contributed by atoms with E-state index in [-0.39, 0.29) is 47.0 Å². The lowest BCUT2D eigenvalue weighted by molar-refractivity contribution is -0.145. The number of carbonyl (C=O) groups is 3. The molecule has 2 atom stereocenters. The smallest absolute Gasteiger partial charge is 0.336 e. The number of likely N-dealkylation sites (tertiary alicyclic amines) is 2. The molecule has 1 aromatic carbocycles. The molecule has 3 heterocycles. The van der Waals surface area contributed by atoms with Crippen molar-refractivity contribution in [3.8, 4) is 0 Å². The van der Waals surface area contributed by atoms with Crippen LogP contribution >= 0.6 is 0 Å². The lowest BCUT2D eigenvalue weighted by Gasteiger charge is -2.36. The molecule has 10 heteroatoms. The van der Waals surface area contributed by atoms with Crippen molar-refractivity contribution in [2.24, 2.45) is 18.9 Å². The van der Waals surface area contributed by atoms with Gasteiger partial charge in [0.15, 0.2) is 5.82 Å². The molecule has 2 aliphatic heterocycles. The maximum Gasteiger partial charge on any atom is 0.418 e. The van der Waals surface area contributed by atoms with E-state index in [1.165, 1.54) is 15.5 Å². The third-order valence-corrected chi connectivity index (χ3v) is 7.57. The van der Waals surface area contributed by atoms with E-state index in [4.69, 9.17) is 0 Å². The summed E-state index contributed by atoms with van der Waals surface area (Å²) >= 11 is 0. The molecule has 0 bridgehead atoms. The molecule has 0 N–H and O–H groups in total. The fraction of sp³-hybridized carbons (Fsp3) is 0.565. The summed E-state index contributed by atoms with van der Waals surface area (Å²) in [6.07, 6.45) is -1.25. The van der Waals surface area contributed by atoms with Crippen molar-refractivity contribution < 1.29 is 27.6 Å². The standard InChI is InChI=1S/C23H23F3N4O3/c1-28-17-9-12(11-2-3-11)8-16(23(24,25)26)18(17)27-19(28)22(33)29-6-4-13(5-7-29)30-20(31)14-10-15(14)21(30)32/h8-9,11,13-15H,2-7,10H2,1H3. The number of nitrogens with zero attached hydrogens (tertiary/aromatic N) is 4. The van der Waals surface area contributed by atoms with Crippen molar-refractivity contribution >= 4 is 28.8 Å². The first-order chi connectivity index (χ1) is 15.6. The summed E-state index contributed by atoms with van der Waals surface area (Å²) in [7, 11) is 1.57. The number of halogens is 3. The van der Waals surface area contributed by atoms with Crippen LogP contribution in [0.25, 0.3) is 11.0 Å². The van der Waals surface area contributed by atoms with Crippen LogP contribution in [0, 0.1) is 11.8 Å². The zero-order valence-corrected chi connectivity index (χ0v) is 18.1. The molecule has 2 aliphatic carbocycles. The van der Waals surface area contributed by atoms with Crippen LogP contribution in [0.3, 0.4) is 0 Å². The highest BCUT2D eigenvalue weighted by Crippen LogP contribution is 2.48. The molecule has 2 unspecified atom stereocenters. The Bertz CT molecular complexity index is 1190. The molecule has 1 aromatic heterocycles. The number of imide groups is 1. The van der Waals surface area contributed by atoms with E-state index < -0.39 is 17.6 Å². The third-order valence-electron chi connectivity index (χ3n) is 7.57. The minimum atomic E-state index is -4.56. The van der Waals surface area contributed by atoms with Gasteiger partial charge in [0.05, 0.1) is 22.9 Å². The second-order valence-corrected chi connectivity index (χ2v) is 9.72.